The Balaban J connectivity index is 1.67. The summed E-state index contributed by atoms with van der Waals surface area (Å²) >= 11 is 6.05. The number of hydrogen-bond donors (Lipinski definition) is 1. The largest absolute Gasteiger partial charge is 0.375 e. The molecule has 0 aliphatic carbocycles. The molecule has 0 aromatic heterocycles. The molecule has 0 saturated carbocycles. The van der Waals surface area contributed by atoms with Crippen molar-refractivity contribution in [3.05, 3.63) is 87.4 Å². The van der Waals surface area contributed by atoms with Crippen molar-refractivity contribution in [3.8, 4) is 11.1 Å². The first-order chi connectivity index (χ1) is 15.4. The predicted octanol–water partition coefficient (Wildman–Crippen LogP) is 6.79. The SMILES string of the molecule is CCCCCN(C)c1ccc(-c2ccc(NC(=O)c3cc([N+](=O)[O-])ccc3Cl)cc2)cc1. The van der Waals surface area contributed by atoms with Gasteiger partial charge in [0.15, 0.2) is 0 Å². The standard InChI is InChI=1S/C25H26ClN3O3/c1-3-4-5-16-28(2)21-12-8-19(9-13-21)18-6-10-20(11-7-18)27-25(30)23-17-22(29(31)32)14-15-24(23)26/h6-15,17H,3-5,16H2,1-2H3,(H,27,30). The van der Waals surface area contributed by atoms with E-state index in [9.17, 15) is 14.9 Å². The lowest BCUT2D eigenvalue weighted by atomic mass is 10.0. The van der Waals surface area contributed by atoms with Crippen LogP contribution in [0.25, 0.3) is 11.1 Å². The molecule has 7 heteroatoms. The number of carbonyl (C=O) groups excluding carboxylic acids is 1. The molecule has 0 saturated heterocycles. The van der Waals surface area contributed by atoms with Crippen molar-refractivity contribution < 1.29 is 9.72 Å². The van der Waals surface area contributed by atoms with Gasteiger partial charge in [0, 0.05) is 37.1 Å². The molecule has 166 valence electrons. The van der Waals surface area contributed by atoms with Crippen LogP contribution in [0.1, 0.15) is 36.5 Å². The minimum Gasteiger partial charge on any atom is -0.375 e. The minimum absolute atomic E-state index is 0.0589. The third-order valence-corrected chi connectivity index (χ3v) is 5.62. The van der Waals surface area contributed by atoms with E-state index in [1.165, 1.54) is 43.1 Å². The number of anilines is 2. The average Bonchev–Trinajstić information content (AvgIpc) is 2.80. The van der Waals surface area contributed by atoms with Gasteiger partial charge in [0.1, 0.15) is 0 Å². The van der Waals surface area contributed by atoms with Gasteiger partial charge in [-0.1, -0.05) is 55.6 Å². The number of non-ortho nitro benzene ring substituents is 1. The summed E-state index contributed by atoms with van der Waals surface area (Å²) in [6.07, 6.45) is 3.63. The molecule has 1 amide bonds. The van der Waals surface area contributed by atoms with Gasteiger partial charge < -0.3 is 10.2 Å². The van der Waals surface area contributed by atoms with Crippen LogP contribution >= 0.6 is 11.6 Å². The van der Waals surface area contributed by atoms with Gasteiger partial charge in [-0.25, -0.2) is 0 Å². The van der Waals surface area contributed by atoms with Gasteiger partial charge in [-0.15, -0.1) is 0 Å². The monoisotopic (exact) mass is 451 g/mol. The lowest BCUT2D eigenvalue weighted by Gasteiger charge is -2.19. The molecule has 0 fully saturated rings. The van der Waals surface area contributed by atoms with Gasteiger partial charge in [0.05, 0.1) is 15.5 Å². The van der Waals surface area contributed by atoms with Crippen LogP contribution < -0.4 is 10.2 Å². The second-order valence-electron chi connectivity index (χ2n) is 7.63. The van der Waals surface area contributed by atoms with Crippen molar-refractivity contribution in [1.29, 1.82) is 0 Å². The highest BCUT2D eigenvalue weighted by Gasteiger charge is 2.16. The molecule has 0 radical (unpaired) electrons. The fourth-order valence-corrected chi connectivity index (χ4v) is 3.59. The third-order valence-electron chi connectivity index (χ3n) is 5.29. The Kier molecular flexibility index (Phi) is 7.84. The Labute approximate surface area is 193 Å². The summed E-state index contributed by atoms with van der Waals surface area (Å²) < 4.78 is 0. The van der Waals surface area contributed by atoms with Gasteiger partial charge in [0.2, 0.25) is 0 Å². The quantitative estimate of drug-likeness (QED) is 0.220. The molecule has 3 aromatic carbocycles. The highest BCUT2D eigenvalue weighted by molar-refractivity contribution is 6.34. The molecular formula is C25H26ClN3O3. The Hall–Kier alpha value is -3.38. The second kappa shape index (κ2) is 10.8. The van der Waals surface area contributed by atoms with Crippen LogP contribution in [0.5, 0.6) is 0 Å². The fourth-order valence-electron chi connectivity index (χ4n) is 3.38. The van der Waals surface area contributed by atoms with Crippen molar-refractivity contribution in [1.82, 2.24) is 0 Å². The van der Waals surface area contributed by atoms with Crippen LogP contribution in [0.3, 0.4) is 0 Å². The minimum atomic E-state index is -0.559. The van der Waals surface area contributed by atoms with Gasteiger partial charge in [-0.2, -0.15) is 0 Å². The smallest absolute Gasteiger partial charge is 0.270 e. The van der Waals surface area contributed by atoms with Gasteiger partial charge >= 0.3 is 0 Å². The number of nitro groups is 1. The maximum atomic E-state index is 12.5. The van der Waals surface area contributed by atoms with Crippen LogP contribution in [-0.2, 0) is 0 Å². The highest BCUT2D eigenvalue weighted by Crippen LogP contribution is 2.26. The first-order valence-electron chi connectivity index (χ1n) is 10.6. The first-order valence-corrected chi connectivity index (χ1v) is 10.9. The number of nitrogens with one attached hydrogen (secondary N) is 1. The Bertz CT molecular complexity index is 1080. The zero-order chi connectivity index (χ0) is 23.1. The molecule has 0 atom stereocenters. The van der Waals surface area contributed by atoms with Crippen molar-refractivity contribution >= 4 is 34.6 Å². The van der Waals surface area contributed by atoms with E-state index in [4.69, 9.17) is 11.6 Å². The van der Waals surface area contributed by atoms with E-state index >= 15 is 0 Å². The van der Waals surface area contributed by atoms with E-state index in [0.29, 0.717) is 5.69 Å². The number of nitro benzene ring substituents is 1. The van der Waals surface area contributed by atoms with Gasteiger partial charge in [-0.3, -0.25) is 14.9 Å². The van der Waals surface area contributed by atoms with E-state index in [-0.39, 0.29) is 16.3 Å². The van der Waals surface area contributed by atoms with Crippen molar-refractivity contribution in [3.63, 3.8) is 0 Å². The van der Waals surface area contributed by atoms with Gasteiger partial charge in [-0.05, 0) is 47.9 Å². The Morgan fingerprint density at radius 1 is 1.00 bits per heavy atom. The summed E-state index contributed by atoms with van der Waals surface area (Å²) in [5, 5.41) is 13.9. The summed E-state index contributed by atoms with van der Waals surface area (Å²) in [5.74, 6) is -0.498. The van der Waals surface area contributed by atoms with Crippen LogP contribution in [-0.4, -0.2) is 24.4 Å². The number of halogens is 1. The van der Waals surface area contributed by atoms with Crippen LogP contribution in [0.2, 0.25) is 5.02 Å². The van der Waals surface area contributed by atoms with E-state index < -0.39 is 10.8 Å². The zero-order valence-corrected chi connectivity index (χ0v) is 18.9. The molecule has 32 heavy (non-hydrogen) atoms. The maximum Gasteiger partial charge on any atom is 0.270 e. The number of carbonyl (C=O) groups is 1. The van der Waals surface area contributed by atoms with Crippen molar-refractivity contribution in [2.75, 3.05) is 23.8 Å². The molecule has 0 unspecified atom stereocenters. The predicted molar refractivity (Wildman–Crippen MR) is 131 cm³/mol. The summed E-state index contributed by atoms with van der Waals surface area (Å²) in [7, 11) is 2.11. The number of amides is 1. The van der Waals surface area contributed by atoms with E-state index in [1.807, 2.05) is 12.1 Å². The summed E-state index contributed by atoms with van der Waals surface area (Å²) in [5.41, 5.74) is 3.74. The third kappa shape index (κ3) is 5.86. The molecule has 6 nitrogen and oxygen atoms in total. The lowest BCUT2D eigenvalue weighted by Crippen LogP contribution is -2.18. The number of nitrogens with zero attached hydrogens (tertiary/aromatic N) is 2. The van der Waals surface area contributed by atoms with Gasteiger partial charge in [0.25, 0.3) is 11.6 Å². The van der Waals surface area contributed by atoms with Crippen molar-refractivity contribution in [2.24, 2.45) is 0 Å². The van der Waals surface area contributed by atoms with E-state index in [1.54, 1.807) is 12.1 Å². The molecule has 0 aliphatic heterocycles. The van der Waals surface area contributed by atoms with Crippen molar-refractivity contribution in [2.45, 2.75) is 26.2 Å². The molecule has 0 spiro atoms. The number of hydrogen-bond acceptors (Lipinski definition) is 4. The zero-order valence-electron chi connectivity index (χ0n) is 18.2. The molecule has 0 aliphatic rings. The van der Waals surface area contributed by atoms with Crippen LogP contribution in [0, 0.1) is 10.1 Å². The normalized spacial score (nSPS) is 10.6. The van der Waals surface area contributed by atoms with Crippen LogP contribution in [0.4, 0.5) is 17.1 Å². The highest BCUT2D eigenvalue weighted by atomic mass is 35.5. The van der Waals surface area contributed by atoms with E-state index in [0.717, 1.165) is 17.7 Å². The number of unbranched alkanes of at least 4 members (excludes halogenated alkanes) is 2. The topological polar surface area (TPSA) is 75.5 Å². The van der Waals surface area contributed by atoms with E-state index in [2.05, 4.69) is 48.5 Å². The fraction of sp³-hybridized carbons (Fsp3) is 0.240. The first kappa shape index (κ1) is 23.3. The Morgan fingerprint density at radius 3 is 2.22 bits per heavy atom. The molecule has 0 bridgehead atoms. The average molecular weight is 452 g/mol. The summed E-state index contributed by atoms with van der Waals surface area (Å²) in [6.45, 7) is 3.24. The number of rotatable bonds is 9. The lowest BCUT2D eigenvalue weighted by molar-refractivity contribution is -0.384. The molecule has 3 rings (SSSR count). The maximum absolute atomic E-state index is 12.5. The molecule has 0 heterocycles. The molecule has 3 aromatic rings. The Morgan fingerprint density at radius 2 is 1.62 bits per heavy atom. The number of benzene rings is 3. The molecule has 1 N–H and O–H groups in total. The second-order valence-corrected chi connectivity index (χ2v) is 8.04. The summed E-state index contributed by atoms with van der Waals surface area (Å²) in [6, 6.07) is 19.6. The van der Waals surface area contributed by atoms with Crippen LogP contribution in [0.15, 0.2) is 66.7 Å². The molecular weight excluding hydrogens is 426 g/mol. The summed E-state index contributed by atoms with van der Waals surface area (Å²) in [4.78, 5) is 25.2.